The Bertz CT molecular complexity index is 1190. The molecule has 0 aliphatic heterocycles. The standard InChI is InChI=1S/C23H21N2O/c1-14(2)17-12-16(24-4)13-18-22-20(26-23(17)18)10-9-15(3)21(22)19-8-6-7-11-25(19)5/h6-14H,1-3,5H3/q+1. The summed E-state index contributed by atoms with van der Waals surface area (Å²) in [5, 5.41) is 2.12. The second-order valence-electron chi connectivity index (χ2n) is 7.11. The highest BCUT2D eigenvalue weighted by Gasteiger charge is 2.22. The van der Waals surface area contributed by atoms with Gasteiger partial charge in [-0.2, -0.15) is 0 Å². The van der Waals surface area contributed by atoms with E-state index >= 15 is 0 Å². The molecule has 3 nitrogen and oxygen atoms in total. The lowest BCUT2D eigenvalue weighted by molar-refractivity contribution is -0.660. The molecule has 0 bridgehead atoms. The third-order valence-corrected chi connectivity index (χ3v) is 5.02. The Morgan fingerprint density at radius 3 is 2.62 bits per heavy atom. The third-order valence-electron chi connectivity index (χ3n) is 5.02. The average molecular weight is 341 g/mol. The van der Waals surface area contributed by atoms with Crippen molar-refractivity contribution in [2.45, 2.75) is 26.7 Å². The fourth-order valence-electron chi connectivity index (χ4n) is 3.69. The Labute approximate surface area is 153 Å². The van der Waals surface area contributed by atoms with E-state index in [2.05, 4.69) is 61.6 Å². The Morgan fingerprint density at radius 1 is 1.12 bits per heavy atom. The summed E-state index contributed by atoms with van der Waals surface area (Å²) >= 11 is 0. The molecule has 0 saturated carbocycles. The van der Waals surface area contributed by atoms with Crippen LogP contribution in [0.5, 0.6) is 0 Å². The molecule has 4 aromatic rings. The molecule has 0 unspecified atom stereocenters. The van der Waals surface area contributed by atoms with Crippen molar-refractivity contribution in [2.24, 2.45) is 7.05 Å². The first-order chi connectivity index (χ1) is 12.5. The molecular formula is C23H21N2O+. The van der Waals surface area contributed by atoms with Gasteiger partial charge < -0.3 is 4.42 Å². The number of hydrogen-bond acceptors (Lipinski definition) is 1. The molecule has 0 fully saturated rings. The van der Waals surface area contributed by atoms with Crippen molar-refractivity contribution >= 4 is 27.6 Å². The number of pyridine rings is 1. The van der Waals surface area contributed by atoms with E-state index < -0.39 is 0 Å². The lowest BCUT2D eigenvalue weighted by Gasteiger charge is -2.08. The monoisotopic (exact) mass is 341 g/mol. The van der Waals surface area contributed by atoms with Gasteiger partial charge in [0.05, 0.1) is 12.1 Å². The summed E-state index contributed by atoms with van der Waals surface area (Å²) in [6.45, 7) is 13.9. The topological polar surface area (TPSA) is 21.4 Å². The van der Waals surface area contributed by atoms with Gasteiger partial charge in [-0.25, -0.2) is 9.41 Å². The SMILES string of the molecule is [C-]#[N+]c1cc(C(C)C)c2oc3ccc(C)c(-c4cccc[n+]4C)c3c2c1. The quantitative estimate of drug-likeness (QED) is 0.321. The number of aryl methyl sites for hydroxylation is 2. The normalized spacial score (nSPS) is 11.4. The number of nitrogens with zero attached hydrogens (tertiary/aromatic N) is 2. The van der Waals surface area contributed by atoms with Gasteiger partial charge in [0.1, 0.15) is 18.2 Å². The number of benzene rings is 2. The van der Waals surface area contributed by atoms with Crippen molar-refractivity contribution in [1.82, 2.24) is 0 Å². The molecule has 0 aliphatic rings. The second kappa shape index (κ2) is 6.00. The molecule has 3 heteroatoms. The smallest absolute Gasteiger partial charge is 0.213 e. The van der Waals surface area contributed by atoms with Crippen LogP contribution in [0, 0.1) is 13.5 Å². The van der Waals surface area contributed by atoms with Gasteiger partial charge in [-0.15, -0.1) is 0 Å². The Kier molecular flexibility index (Phi) is 3.77. The van der Waals surface area contributed by atoms with Crippen LogP contribution in [0.1, 0.15) is 30.9 Å². The predicted octanol–water partition coefficient (Wildman–Crippen LogP) is 6.06. The van der Waals surface area contributed by atoms with Crippen LogP contribution in [-0.4, -0.2) is 0 Å². The molecular weight excluding hydrogens is 320 g/mol. The molecule has 0 spiro atoms. The van der Waals surface area contributed by atoms with Gasteiger partial charge in [0.25, 0.3) is 0 Å². The highest BCUT2D eigenvalue weighted by Crippen LogP contribution is 2.41. The van der Waals surface area contributed by atoms with Crippen LogP contribution >= 0.6 is 0 Å². The van der Waals surface area contributed by atoms with Gasteiger partial charge in [0.15, 0.2) is 11.9 Å². The summed E-state index contributed by atoms with van der Waals surface area (Å²) in [5.41, 5.74) is 7.01. The van der Waals surface area contributed by atoms with Gasteiger partial charge in [-0.3, -0.25) is 0 Å². The molecule has 0 N–H and O–H groups in total. The lowest BCUT2D eigenvalue weighted by Crippen LogP contribution is -2.30. The molecule has 0 amide bonds. The number of hydrogen-bond donors (Lipinski definition) is 0. The van der Waals surface area contributed by atoms with Crippen LogP contribution in [0.4, 0.5) is 5.69 Å². The van der Waals surface area contributed by atoms with Crippen LogP contribution < -0.4 is 4.57 Å². The number of rotatable bonds is 2. The first kappa shape index (κ1) is 16.4. The Balaban J connectivity index is 2.22. The highest BCUT2D eigenvalue weighted by molar-refractivity contribution is 6.14. The van der Waals surface area contributed by atoms with Gasteiger partial charge in [0, 0.05) is 22.9 Å². The molecule has 0 radical (unpaired) electrons. The highest BCUT2D eigenvalue weighted by atomic mass is 16.3. The van der Waals surface area contributed by atoms with Crippen molar-refractivity contribution < 1.29 is 8.98 Å². The van der Waals surface area contributed by atoms with E-state index in [1.54, 1.807) is 0 Å². The maximum atomic E-state index is 7.50. The van der Waals surface area contributed by atoms with E-state index in [0.717, 1.165) is 33.2 Å². The largest absolute Gasteiger partial charge is 0.456 e. The zero-order valence-corrected chi connectivity index (χ0v) is 15.5. The molecule has 2 heterocycles. The summed E-state index contributed by atoms with van der Waals surface area (Å²) in [6, 6.07) is 14.3. The van der Waals surface area contributed by atoms with Gasteiger partial charge >= 0.3 is 0 Å². The summed E-state index contributed by atoms with van der Waals surface area (Å²) in [6.07, 6.45) is 2.06. The molecule has 128 valence electrons. The van der Waals surface area contributed by atoms with Gasteiger partial charge in [-0.05, 0) is 48.2 Å². The van der Waals surface area contributed by atoms with Crippen molar-refractivity contribution in [3.63, 3.8) is 0 Å². The number of furan rings is 1. The van der Waals surface area contributed by atoms with Crippen molar-refractivity contribution in [1.29, 1.82) is 0 Å². The van der Waals surface area contributed by atoms with Crippen LogP contribution in [0.15, 0.2) is 53.1 Å². The predicted molar refractivity (Wildman–Crippen MR) is 105 cm³/mol. The molecule has 0 aliphatic carbocycles. The maximum Gasteiger partial charge on any atom is 0.213 e. The van der Waals surface area contributed by atoms with Crippen LogP contribution in [0.2, 0.25) is 0 Å². The van der Waals surface area contributed by atoms with Crippen molar-refractivity contribution in [2.75, 3.05) is 0 Å². The first-order valence-electron chi connectivity index (χ1n) is 8.83. The lowest BCUT2D eigenvalue weighted by atomic mass is 9.95. The second-order valence-corrected chi connectivity index (χ2v) is 7.11. The average Bonchev–Trinajstić information content (AvgIpc) is 3.00. The maximum absolute atomic E-state index is 7.50. The molecule has 2 aromatic carbocycles. The molecule has 4 rings (SSSR count). The molecule has 0 atom stereocenters. The van der Waals surface area contributed by atoms with Crippen molar-refractivity contribution in [3.8, 4) is 11.3 Å². The summed E-state index contributed by atoms with van der Waals surface area (Å²) in [5.74, 6) is 0.289. The fourth-order valence-corrected chi connectivity index (χ4v) is 3.69. The first-order valence-corrected chi connectivity index (χ1v) is 8.83. The zero-order valence-electron chi connectivity index (χ0n) is 15.5. The van der Waals surface area contributed by atoms with E-state index in [4.69, 9.17) is 11.0 Å². The number of aromatic nitrogens is 1. The minimum atomic E-state index is 0.289. The summed E-state index contributed by atoms with van der Waals surface area (Å²) in [4.78, 5) is 3.70. The Hall–Kier alpha value is -3.12. The van der Waals surface area contributed by atoms with Crippen LogP contribution in [-0.2, 0) is 7.05 Å². The zero-order chi connectivity index (χ0) is 18.4. The summed E-state index contributed by atoms with van der Waals surface area (Å²) < 4.78 is 8.42. The minimum absolute atomic E-state index is 0.289. The molecule has 0 saturated heterocycles. The van der Waals surface area contributed by atoms with E-state index in [-0.39, 0.29) is 5.92 Å². The summed E-state index contributed by atoms with van der Waals surface area (Å²) in [7, 11) is 2.06. The third kappa shape index (κ3) is 2.38. The molecule has 2 aromatic heterocycles. The van der Waals surface area contributed by atoms with E-state index in [0.29, 0.717) is 5.69 Å². The fraction of sp³-hybridized carbons (Fsp3) is 0.217. The van der Waals surface area contributed by atoms with Crippen LogP contribution in [0.3, 0.4) is 0 Å². The Morgan fingerprint density at radius 2 is 1.92 bits per heavy atom. The number of fused-ring (bicyclic) bond motifs is 3. The van der Waals surface area contributed by atoms with Gasteiger partial charge in [-0.1, -0.05) is 19.9 Å². The van der Waals surface area contributed by atoms with E-state index in [1.165, 1.54) is 11.1 Å². The van der Waals surface area contributed by atoms with E-state index in [1.807, 2.05) is 24.3 Å². The molecule has 26 heavy (non-hydrogen) atoms. The van der Waals surface area contributed by atoms with E-state index in [9.17, 15) is 0 Å². The van der Waals surface area contributed by atoms with Crippen molar-refractivity contribution in [3.05, 3.63) is 71.2 Å². The van der Waals surface area contributed by atoms with Crippen LogP contribution in [0.25, 0.3) is 38.0 Å². The minimum Gasteiger partial charge on any atom is -0.456 e. The van der Waals surface area contributed by atoms with Gasteiger partial charge in [0.2, 0.25) is 5.69 Å².